The molecule has 0 bridgehead atoms. The van der Waals surface area contributed by atoms with Gasteiger partial charge < -0.3 is 14.5 Å². The zero-order chi connectivity index (χ0) is 10.8. The number of rotatable bonds is 1. The van der Waals surface area contributed by atoms with E-state index < -0.39 is 5.97 Å². The number of fused-ring (bicyclic) bond motifs is 1. The first-order valence-corrected chi connectivity index (χ1v) is 4.66. The second-order valence-electron chi connectivity index (χ2n) is 3.34. The highest BCUT2D eigenvalue weighted by molar-refractivity contribution is 5.95. The van der Waals surface area contributed by atoms with Gasteiger partial charge >= 0.3 is 5.97 Å². The molecular weight excluding hydrogens is 198 g/mol. The Bertz CT molecular complexity index is 408. The molecule has 0 radical (unpaired) electrons. The molecule has 80 valence electrons. The van der Waals surface area contributed by atoms with Crippen molar-refractivity contribution in [1.29, 1.82) is 0 Å². The second-order valence-corrected chi connectivity index (χ2v) is 3.34. The molecule has 5 nitrogen and oxygen atoms in total. The van der Waals surface area contributed by atoms with E-state index in [4.69, 9.17) is 4.42 Å². The van der Waals surface area contributed by atoms with Crippen molar-refractivity contribution in [3.8, 4) is 0 Å². The van der Waals surface area contributed by atoms with E-state index in [1.807, 2.05) is 0 Å². The first-order chi connectivity index (χ1) is 7.22. The van der Waals surface area contributed by atoms with Gasteiger partial charge in [-0.1, -0.05) is 0 Å². The number of nitrogens with one attached hydrogen (secondary N) is 1. The Hall–Kier alpha value is -1.78. The molecule has 0 saturated heterocycles. The molecule has 0 saturated carbocycles. The normalized spacial score (nSPS) is 15.1. The molecule has 1 aliphatic rings. The van der Waals surface area contributed by atoms with Crippen molar-refractivity contribution >= 4 is 17.6 Å². The molecular formula is C10H11NO4. The number of carbonyl (C=O) groups excluding carboxylic acids is 2. The van der Waals surface area contributed by atoms with Gasteiger partial charge in [-0.05, 0) is 0 Å². The van der Waals surface area contributed by atoms with Crippen LogP contribution in [0.2, 0.25) is 0 Å². The number of anilines is 1. The summed E-state index contributed by atoms with van der Waals surface area (Å²) in [5, 5.41) is 2.96. The third-order valence-electron chi connectivity index (χ3n) is 2.36. The van der Waals surface area contributed by atoms with Crippen LogP contribution in [0.5, 0.6) is 0 Å². The van der Waals surface area contributed by atoms with E-state index >= 15 is 0 Å². The van der Waals surface area contributed by atoms with Crippen LogP contribution in [-0.4, -0.2) is 25.4 Å². The van der Waals surface area contributed by atoms with Crippen molar-refractivity contribution in [2.24, 2.45) is 0 Å². The number of ketones is 1. The number of hydrogen-bond donors (Lipinski definition) is 1. The Morgan fingerprint density at radius 3 is 3.13 bits per heavy atom. The van der Waals surface area contributed by atoms with E-state index in [1.165, 1.54) is 13.4 Å². The molecule has 0 unspecified atom stereocenters. The first kappa shape index (κ1) is 9.76. The number of furan rings is 1. The standard InChI is InChI=1S/C10H11NO4/c1-14-10(13)8-5-15-9-7(8)4-6(12)2-3-11-9/h5,11H,2-4H2,1H3. The number of Topliss-reactive ketones (excluding diaryl/α,β-unsaturated/α-hetero) is 1. The highest BCUT2D eigenvalue weighted by atomic mass is 16.5. The first-order valence-electron chi connectivity index (χ1n) is 4.66. The average Bonchev–Trinajstić information content (AvgIpc) is 2.52. The summed E-state index contributed by atoms with van der Waals surface area (Å²) in [6.45, 7) is 0.542. The fraction of sp³-hybridized carbons (Fsp3) is 0.400. The van der Waals surface area contributed by atoms with Crippen LogP contribution in [0.3, 0.4) is 0 Å². The Morgan fingerprint density at radius 2 is 2.40 bits per heavy atom. The van der Waals surface area contributed by atoms with Gasteiger partial charge in [-0.2, -0.15) is 0 Å². The topological polar surface area (TPSA) is 68.5 Å². The summed E-state index contributed by atoms with van der Waals surface area (Å²) in [7, 11) is 1.30. The van der Waals surface area contributed by atoms with Gasteiger partial charge in [-0.3, -0.25) is 4.79 Å². The summed E-state index contributed by atoms with van der Waals surface area (Å²) >= 11 is 0. The van der Waals surface area contributed by atoms with Crippen molar-refractivity contribution in [3.63, 3.8) is 0 Å². The van der Waals surface area contributed by atoms with Gasteiger partial charge in [0, 0.05) is 24.9 Å². The molecule has 2 rings (SSSR count). The molecule has 1 aromatic rings. The van der Waals surface area contributed by atoms with E-state index in [2.05, 4.69) is 10.1 Å². The van der Waals surface area contributed by atoms with E-state index in [-0.39, 0.29) is 12.2 Å². The SMILES string of the molecule is COC(=O)c1coc2c1CC(=O)CCN2. The van der Waals surface area contributed by atoms with Crippen molar-refractivity contribution in [1.82, 2.24) is 0 Å². The van der Waals surface area contributed by atoms with E-state index in [0.29, 0.717) is 30.0 Å². The largest absolute Gasteiger partial charge is 0.465 e. The van der Waals surface area contributed by atoms with Crippen LogP contribution in [0, 0.1) is 0 Å². The summed E-state index contributed by atoms with van der Waals surface area (Å²) in [6, 6.07) is 0. The highest BCUT2D eigenvalue weighted by Crippen LogP contribution is 2.26. The van der Waals surface area contributed by atoms with Crippen molar-refractivity contribution < 1.29 is 18.7 Å². The minimum absolute atomic E-state index is 0.0906. The van der Waals surface area contributed by atoms with Crippen LogP contribution >= 0.6 is 0 Å². The lowest BCUT2D eigenvalue weighted by atomic mass is 10.1. The van der Waals surface area contributed by atoms with Gasteiger partial charge in [0.2, 0.25) is 0 Å². The zero-order valence-corrected chi connectivity index (χ0v) is 8.33. The molecule has 0 amide bonds. The third kappa shape index (κ3) is 1.72. The van der Waals surface area contributed by atoms with Crippen molar-refractivity contribution in [2.75, 3.05) is 19.0 Å². The zero-order valence-electron chi connectivity index (χ0n) is 8.33. The maximum Gasteiger partial charge on any atom is 0.341 e. The molecule has 0 aliphatic carbocycles. The molecule has 2 heterocycles. The number of methoxy groups -OCH3 is 1. The lowest BCUT2D eigenvalue weighted by Crippen LogP contribution is -2.07. The molecule has 5 heteroatoms. The van der Waals surface area contributed by atoms with Crippen molar-refractivity contribution in [2.45, 2.75) is 12.8 Å². The maximum atomic E-state index is 11.4. The molecule has 0 fully saturated rings. The van der Waals surface area contributed by atoms with Crippen LogP contribution in [0.4, 0.5) is 5.88 Å². The predicted molar refractivity (Wildman–Crippen MR) is 51.9 cm³/mol. The lowest BCUT2D eigenvalue weighted by Gasteiger charge is -1.99. The number of hydrogen-bond acceptors (Lipinski definition) is 5. The monoisotopic (exact) mass is 209 g/mol. The Morgan fingerprint density at radius 1 is 1.60 bits per heavy atom. The van der Waals surface area contributed by atoms with Gasteiger partial charge in [-0.15, -0.1) is 0 Å². The van der Waals surface area contributed by atoms with Crippen LogP contribution in [-0.2, 0) is 16.0 Å². The van der Waals surface area contributed by atoms with Gasteiger partial charge in [0.1, 0.15) is 17.6 Å². The van der Waals surface area contributed by atoms with Crippen LogP contribution in [0.1, 0.15) is 22.3 Å². The van der Waals surface area contributed by atoms with Gasteiger partial charge in [0.05, 0.1) is 7.11 Å². The molecule has 0 aromatic carbocycles. The second kappa shape index (κ2) is 3.76. The van der Waals surface area contributed by atoms with E-state index in [9.17, 15) is 9.59 Å². The third-order valence-corrected chi connectivity index (χ3v) is 2.36. The molecule has 15 heavy (non-hydrogen) atoms. The average molecular weight is 209 g/mol. The molecule has 1 aliphatic heterocycles. The van der Waals surface area contributed by atoms with E-state index in [1.54, 1.807) is 0 Å². The minimum atomic E-state index is -0.475. The fourth-order valence-corrected chi connectivity index (χ4v) is 1.59. The number of carbonyl (C=O) groups is 2. The molecule has 1 N–H and O–H groups in total. The van der Waals surface area contributed by atoms with Gasteiger partial charge in [0.25, 0.3) is 0 Å². The fourth-order valence-electron chi connectivity index (χ4n) is 1.59. The Kier molecular flexibility index (Phi) is 2.45. The molecule has 0 spiro atoms. The van der Waals surface area contributed by atoms with Crippen LogP contribution in [0.25, 0.3) is 0 Å². The Balaban J connectivity index is 2.39. The van der Waals surface area contributed by atoms with E-state index in [0.717, 1.165) is 0 Å². The molecule has 1 aromatic heterocycles. The summed E-state index contributed by atoms with van der Waals surface area (Å²) in [5.41, 5.74) is 0.930. The quantitative estimate of drug-likeness (QED) is 0.698. The van der Waals surface area contributed by atoms with Gasteiger partial charge in [-0.25, -0.2) is 4.79 Å². The van der Waals surface area contributed by atoms with Crippen LogP contribution < -0.4 is 5.32 Å². The summed E-state index contributed by atoms with van der Waals surface area (Å²) in [5.74, 6) is 0.116. The Labute approximate surface area is 86.4 Å². The highest BCUT2D eigenvalue weighted by Gasteiger charge is 2.24. The molecule has 0 atom stereocenters. The van der Waals surface area contributed by atoms with Gasteiger partial charge in [0.15, 0.2) is 5.88 Å². The van der Waals surface area contributed by atoms with Crippen molar-refractivity contribution in [3.05, 3.63) is 17.4 Å². The number of esters is 1. The predicted octanol–water partition coefficient (Wildman–Crippen LogP) is 0.993. The smallest absolute Gasteiger partial charge is 0.341 e. The summed E-state index contributed by atoms with van der Waals surface area (Å²) in [6.07, 6.45) is 2.00. The minimum Gasteiger partial charge on any atom is -0.465 e. The lowest BCUT2D eigenvalue weighted by molar-refractivity contribution is -0.118. The maximum absolute atomic E-state index is 11.4. The summed E-state index contributed by atoms with van der Waals surface area (Å²) in [4.78, 5) is 22.7. The van der Waals surface area contributed by atoms with Crippen LogP contribution in [0.15, 0.2) is 10.7 Å². The summed E-state index contributed by atoms with van der Waals surface area (Å²) < 4.78 is 9.77. The number of ether oxygens (including phenoxy) is 1.